The Kier molecular flexibility index (Phi) is 5.97. The number of fused-ring (bicyclic) bond motifs is 3. The highest BCUT2D eigenvalue weighted by Crippen LogP contribution is 2.36. The molecule has 6 aromatic carbocycles. The van der Waals surface area contributed by atoms with Crippen LogP contribution in [-0.2, 0) is 0 Å². The van der Waals surface area contributed by atoms with Gasteiger partial charge in [-0.05, 0) is 66.6 Å². The Bertz CT molecular complexity index is 2210. The minimum atomic E-state index is 0.704. The molecular formula is C39H28N4. The number of benzene rings is 6. The summed E-state index contributed by atoms with van der Waals surface area (Å²) in [5.74, 6) is 1.52. The van der Waals surface area contributed by atoms with E-state index in [-0.39, 0.29) is 0 Å². The molecule has 0 radical (unpaired) electrons. The van der Waals surface area contributed by atoms with Crippen LogP contribution in [0.5, 0.6) is 0 Å². The quantitative estimate of drug-likeness (QED) is 0.213. The fourth-order valence-electron chi connectivity index (χ4n) is 5.94. The largest absolute Gasteiger partial charge is 0.309 e. The van der Waals surface area contributed by atoms with Gasteiger partial charge in [0.15, 0.2) is 11.6 Å². The van der Waals surface area contributed by atoms with Gasteiger partial charge in [0.2, 0.25) is 0 Å². The van der Waals surface area contributed by atoms with Crippen LogP contribution in [0.15, 0.2) is 152 Å². The number of aromatic nitrogens is 4. The molecule has 0 spiro atoms. The van der Waals surface area contributed by atoms with Gasteiger partial charge in [-0.25, -0.2) is 9.67 Å². The first kappa shape index (κ1) is 25.0. The van der Waals surface area contributed by atoms with Crippen molar-refractivity contribution in [2.45, 2.75) is 6.92 Å². The Labute approximate surface area is 250 Å². The van der Waals surface area contributed by atoms with E-state index in [1.54, 1.807) is 0 Å². The van der Waals surface area contributed by atoms with Crippen molar-refractivity contribution in [2.24, 2.45) is 0 Å². The van der Waals surface area contributed by atoms with Gasteiger partial charge in [-0.2, -0.15) is 0 Å². The smallest absolute Gasteiger partial charge is 0.182 e. The van der Waals surface area contributed by atoms with E-state index in [2.05, 4.69) is 115 Å². The monoisotopic (exact) mass is 552 g/mol. The van der Waals surface area contributed by atoms with Crippen LogP contribution < -0.4 is 0 Å². The van der Waals surface area contributed by atoms with E-state index in [1.807, 2.05) is 53.2 Å². The molecule has 0 unspecified atom stereocenters. The molecule has 0 aliphatic heterocycles. The second-order valence-corrected chi connectivity index (χ2v) is 10.9. The van der Waals surface area contributed by atoms with Gasteiger partial charge >= 0.3 is 0 Å². The fourth-order valence-corrected chi connectivity index (χ4v) is 5.94. The van der Waals surface area contributed by atoms with E-state index in [0.717, 1.165) is 28.3 Å². The molecule has 0 amide bonds. The third-order valence-corrected chi connectivity index (χ3v) is 8.05. The van der Waals surface area contributed by atoms with Crippen molar-refractivity contribution in [1.29, 1.82) is 0 Å². The van der Waals surface area contributed by atoms with Gasteiger partial charge < -0.3 is 4.57 Å². The number of hydrogen-bond acceptors (Lipinski definition) is 2. The SMILES string of the molecule is Cc1ccc2c(c1)c1cc(-c3ccccc3)ccc1n2-c1ccc(-n2nc(-c3ccccc3)nc2-c2ccccc2)cc1. The third kappa shape index (κ3) is 4.41. The molecule has 0 saturated carbocycles. The van der Waals surface area contributed by atoms with E-state index in [4.69, 9.17) is 10.1 Å². The number of rotatable bonds is 5. The molecule has 4 heteroatoms. The second kappa shape index (κ2) is 10.3. The Balaban J connectivity index is 1.26. The molecule has 8 rings (SSSR count). The summed E-state index contributed by atoms with van der Waals surface area (Å²) in [6, 6.07) is 53.1. The lowest BCUT2D eigenvalue weighted by Gasteiger charge is -2.11. The zero-order valence-corrected chi connectivity index (χ0v) is 23.7. The molecule has 0 bridgehead atoms. The van der Waals surface area contributed by atoms with Crippen LogP contribution in [0, 0.1) is 6.92 Å². The maximum atomic E-state index is 4.97. The zero-order chi connectivity index (χ0) is 28.8. The van der Waals surface area contributed by atoms with E-state index >= 15 is 0 Å². The minimum absolute atomic E-state index is 0.704. The Morgan fingerprint density at radius 1 is 0.465 bits per heavy atom. The van der Waals surface area contributed by atoms with Crippen molar-refractivity contribution in [3.63, 3.8) is 0 Å². The summed E-state index contributed by atoms with van der Waals surface area (Å²) in [6.07, 6.45) is 0. The van der Waals surface area contributed by atoms with E-state index in [1.165, 1.54) is 38.5 Å². The van der Waals surface area contributed by atoms with Crippen LogP contribution in [0.2, 0.25) is 0 Å². The Morgan fingerprint density at radius 2 is 1.02 bits per heavy atom. The Hall–Kier alpha value is -5.74. The maximum Gasteiger partial charge on any atom is 0.182 e. The lowest BCUT2D eigenvalue weighted by atomic mass is 10.0. The van der Waals surface area contributed by atoms with Crippen LogP contribution in [0.4, 0.5) is 0 Å². The molecule has 204 valence electrons. The maximum absolute atomic E-state index is 4.97. The molecule has 2 heterocycles. The summed E-state index contributed by atoms with van der Waals surface area (Å²) in [6.45, 7) is 2.16. The van der Waals surface area contributed by atoms with Crippen molar-refractivity contribution in [1.82, 2.24) is 19.3 Å². The van der Waals surface area contributed by atoms with Crippen molar-refractivity contribution in [3.8, 4) is 45.3 Å². The third-order valence-electron chi connectivity index (χ3n) is 8.05. The lowest BCUT2D eigenvalue weighted by molar-refractivity contribution is 0.889. The van der Waals surface area contributed by atoms with E-state index in [0.29, 0.717) is 5.82 Å². The molecule has 0 aliphatic rings. The molecule has 0 saturated heterocycles. The lowest BCUT2D eigenvalue weighted by Crippen LogP contribution is -2.01. The Morgan fingerprint density at radius 3 is 1.70 bits per heavy atom. The number of aryl methyl sites for hydroxylation is 1. The van der Waals surface area contributed by atoms with Crippen molar-refractivity contribution >= 4 is 21.8 Å². The standard InChI is InChI=1S/C39H28N4/c1-27-17-23-36-34(25-27)35-26-31(28-11-5-2-6-12-28)18-24-37(35)42(36)32-19-21-33(22-20-32)43-39(30-15-9-4-10-16-30)40-38(41-43)29-13-7-3-8-14-29/h2-26H,1H3. The van der Waals surface area contributed by atoms with Crippen molar-refractivity contribution in [2.75, 3.05) is 0 Å². The highest BCUT2D eigenvalue weighted by Gasteiger charge is 2.17. The van der Waals surface area contributed by atoms with Crippen LogP contribution >= 0.6 is 0 Å². The summed E-state index contributed by atoms with van der Waals surface area (Å²) in [7, 11) is 0. The molecule has 4 nitrogen and oxygen atoms in total. The van der Waals surface area contributed by atoms with Crippen LogP contribution in [0.3, 0.4) is 0 Å². The summed E-state index contributed by atoms with van der Waals surface area (Å²) in [5, 5.41) is 7.47. The van der Waals surface area contributed by atoms with Gasteiger partial charge in [-0.3, -0.25) is 0 Å². The molecule has 8 aromatic rings. The van der Waals surface area contributed by atoms with Gasteiger partial charge in [0, 0.05) is 27.6 Å². The van der Waals surface area contributed by atoms with Crippen molar-refractivity contribution in [3.05, 3.63) is 157 Å². The highest BCUT2D eigenvalue weighted by molar-refractivity contribution is 6.10. The molecule has 0 fully saturated rings. The first-order chi connectivity index (χ1) is 21.2. The van der Waals surface area contributed by atoms with Gasteiger partial charge in [0.05, 0.1) is 16.7 Å². The molecule has 0 atom stereocenters. The summed E-state index contributed by atoms with van der Waals surface area (Å²) in [4.78, 5) is 4.97. The van der Waals surface area contributed by atoms with E-state index < -0.39 is 0 Å². The second-order valence-electron chi connectivity index (χ2n) is 10.9. The number of nitrogens with zero attached hydrogens (tertiary/aromatic N) is 4. The van der Waals surface area contributed by atoms with Gasteiger partial charge in [-0.1, -0.05) is 109 Å². The van der Waals surface area contributed by atoms with Crippen LogP contribution in [0.25, 0.3) is 67.1 Å². The fraction of sp³-hybridized carbons (Fsp3) is 0.0256. The van der Waals surface area contributed by atoms with E-state index in [9.17, 15) is 0 Å². The molecular weight excluding hydrogens is 524 g/mol. The number of hydrogen-bond donors (Lipinski definition) is 0. The van der Waals surface area contributed by atoms with Crippen LogP contribution in [-0.4, -0.2) is 19.3 Å². The predicted octanol–water partition coefficient (Wildman–Crippen LogP) is 9.67. The van der Waals surface area contributed by atoms with Gasteiger partial charge in [0.25, 0.3) is 0 Å². The molecule has 43 heavy (non-hydrogen) atoms. The zero-order valence-electron chi connectivity index (χ0n) is 23.7. The predicted molar refractivity (Wildman–Crippen MR) is 177 cm³/mol. The topological polar surface area (TPSA) is 35.6 Å². The van der Waals surface area contributed by atoms with Crippen LogP contribution in [0.1, 0.15) is 5.56 Å². The first-order valence-electron chi connectivity index (χ1n) is 14.5. The summed E-state index contributed by atoms with van der Waals surface area (Å²) in [5.41, 5.74) is 10.1. The van der Waals surface area contributed by atoms with Gasteiger partial charge in [-0.15, -0.1) is 5.10 Å². The summed E-state index contributed by atoms with van der Waals surface area (Å²) >= 11 is 0. The average molecular weight is 553 g/mol. The minimum Gasteiger partial charge on any atom is -0.309 e. The van der Waals surface area contributed by atoms with Crippen molar-refractivity contribution < 1.29 is 0 Å². The highest BCUT2D eigenvalue weighted by atomic mass is 15.4. The first-order valence-corrected chi connectivity index (χ1v) is 14.5. The normalized spacial score (nSPS) is 11.4. The summed E-state index contributed by atoms with van der Waals surface area (Å²) < 4.78 is 4.31. The average Bonchev–Trinajstić information content (AvgIpc) is 3.66. The molecule has 0 N–H and O–H groups in total. The molecule has 2 aromatic heterocycles. The van der Waals surface area contributed by atoms with Gasteiger partial charge in [0.1, 0.15) is 0 Å². The molecule has 0 aliphatic carbocycles.